The SMILES string of the molecule is NS(=O)(=O)c1ccc(Oc2ccc(CCO)cc2)nc1. The molecular weight excluding hydrogens is 280 g/mol. The zero-order chi connectivity index (χ0) is 14.6. The Morgan fingerprint density at radius 1 is 1.15 bits per heavy atom. The number of nitrogens with two attached hydrogens (primary N) is 1. The van der Waals surface area contributed by atoms with Crippen molar-refractivity contribution < 1.29 is 18.3 Å². The van der Waals surface area contributed by atoms with Crippen molar-refractivity contribution in [3.8, 4) is 11.6 Å². The fraction of sp³-hybridized carbons (Fsp3) is 0.154. The smallest absolute Gasteiger partial charge is 0.239 e. The van der Waals surface area contributed by atoms with Crippen LogP contribution < -0.4 is 9.88 Å². The van der Waals surface area contributed by atoms with Crippen molar-refractivity contribution in [2.75, 3.05) is 6.61 Å². The predicted octanol–water partition coefficient (Wildman–Crippen LogP) is 1.06. The highest BCUT2D eigenvalue weighted by Gasteiger charge is 2.08. The van der Waals surface area contributed by atoms with Crippen LogP contribution in [0.1, 0.15) is 5.56 Å². The van der Waals surface area contributed by atoms with Crippen LogP contribution in [-0.4, -0.2) is 25.1 Å². The minimum absolute atomic E-state index is 0.0665. The Kier molecular flexibility index (Phi) is 4.33. The molecule has 106 valence electrons. The van der Waals surface area contributed by atoms with E-state index >= 15 is 0 Å². The van der Waals surface area contributed by atoms with Gasteiger partial charge in [-0.2, -0.15) is 0 Å². The molecule has 0 aliphatic heterocycles. The number of pyridine rings is 1. The number of aromatic nitrogens is 1. The molecule has 0 unspecified atom stereocenters. The first-order valence-electron chi connectivity index (χ1n) is 5.85. The molecule has 0 bridgehead atoms. The van der Waals surface area contributed by atoms with E-state index in [9.17, 15) is 8.42 Å². The summed E-state index contributed by atoms with van der Waals surface area (Å²) in [5.41, 5.74) is 0.998. The Balaban J connectivity index is 2.10. The quantitative estimate of drug-likeness (QED) is 0.858. The lowest BCUT2D eigenvalue weighted by atomic mass is 10.1. The van der Waals surface area contributed by atoms with Gasteiger partial charge in [0.05, 0.1) is 6.20 Å². The summed E-state index contributed by atoms with van der Waals surface area (Å²) < 4.78 is 27.6. The standard InChI is InChI=1S/C13H14N2O4S/c14-20(17,18)12-5-6-13(15-9-12)19-11-3-1-10(2-4-11)7-8-16/h1-6,9,16H,7-8H2,(H2,14,17,18). The first-order valence-corrected chi connectivity index (χ1v) is 7.40. The van der Waals surface area contributed by atoms with Crippen LogP contribution >= 0.6 is 0 Å². The molecule has 2 rings (SSSR count). The van der Waals surface area contributed by atoms with Crippen LogP contribution in [0.2, 0.25) is 0 Å². The van der Waals surface area contributed by atoms with Crippen LogP contribution in [0.3, 0.4) is 0 Å². The lowest BCUT2D eigenvalue weighted by Gasteiger charge is -2.06. The predicted molar refractivity (Wildman–Crippen MR) is 72.9 cm³/mol. The molecule has 1 aromatic heterocycles. The van der Waals surface area contributed by atoms with E-state index in [-0.39, 0.29) is 17.4 Å². The second-order valence-electron chi connectivity index (χ2n) is 4.10. The number of benzene rings is 1. The zero-order valence-electron chi connectivity index (χ0n) is 10.6. The number of hydrogen-bond donors (Lipinski definition) is 2. The second-order valence-corrected chi connectivity index (χ2v) is 5.66. The van der Waals surface area contributed by atoms with Crippen LogP contribution in [0.25, 0.3) is 0 Å². The first-order chi connectivity index (χ1) is 9.49. The van der Waals surface area contributed by atoms with E-state index in [2.05, 4.69) is 4.98 Å². The lowest BCUT2D eigenvalue weighted by Crippen LogP contribution is -2.12. The van der Waals surface area contributed by atoms with Crippen molar-refractivity contribution in [2.45, 2.75) is 11.3 Å². The molecule has 7 heteroatoms. The van der Waals surface area contributed by atoms with Crippen LogP contribution in [0.4, 0.5) is 0 Å². The molecule has 0 saturated carbocycles. The molecule has 3 N–H and O–H groups in total. The topological polar surface area (TPSA) is 103 Å². The summed E-state index contributed by atoms with van der Waals surface area (Å²) >= 11 is 0. The van der Waals surface area contributed by atoms with E-state index in [1.807, 2.05) is 12.1 Å². The summed E-state index contributed by atoms with van der Waals surface area (Å²) in [4.78, 5) is 3.81. The molecule has 2 aromatic rings. The summed E-state index contributed by atoms with van der Waals surface area (Å²) in [5, 5.41) is 13.8. The van der Waals surface area contributed by atoms with Crippen molar-refractivity contribution in [2.24, 2.45) is 5.14 Å². The highest BCUT2D eigenvalue weighted by Crippen LogP contribution is 2.20. The number of primary sulfonamides is 1. The van der Waals surface area contributed by atoms with Crippen LogP contribution in [0.15, 0.2) is 47.5 Å². The van der Waals surface area contributed by atoms with Crippen LogP contribution in [0, 0.1) is 0 Å². The molecular formula is C13H14N2O4S. The maximum absolute atomic E-state index is 11.1. The average Bonchev–Trinajstić information content (AvgIpc) is 2.41. The fourth-order valence-electron chi connectivity index (χ4n) is 1.57. The van der Waals surface area contributed by atoms with E-state index in [1.54, 1.807) is 12.1 Å². The molecule has 1 aromatic carbocycles. The maximum Gasteiger partial charge on any atom is 0.239 e. The molecule has 0 aliphatic carbocycles. The Bertz CT molecular complexity index is 667. The van der Waals surface area contributed by atoms with Crippen LogP contribution in [0.5, 0.6) is 11.6 Å². The number of sulfonamides is 1. The molecule has 1 heterocycles. The Morgan fingerprint density at radius 3 is 2.35 bits per heavy atom. The lowest BCUT2D eigenvalue weighted by molar-refractivity contribution is 0.299. The van der Waals surface area contributed by atoms with Gasteiger partial charge in [-0.05, 0) is 30.2 Å². The van der Waals surface area contributed by atoms with E-state index in [0.717, 1.165) is 11.8 Å². The molecule has 0 spiro atoms. The van der Waals surface area contributed by atoms with Gasteiger partial charge in [-0.3, -0.25) is 0 Å². The largest absolute Gasteiger partial charge is 0.439 e. The number of aliphatic hydroxyl groups is 1. The van der Waals surface area contributed by atoms with Crippen molar-refractivity contribution in [1.29, 1.82) is 0 Å². The van der Waals surface area contributed by atoms with Gasteiger partial charge in [0.15, 0.2) is 0 Å². The highest BCUT2D eigenvalue weighted by atomic mass is 32.2. The van der Waals surface area contributed by atoms with Crippen molar-refractivity contribution in [3.63, 3.8) is 0 Å². The van der Waals surface area contributed by atoms with Crippen molar-refractivity contribution in [1.82, 2.24) is 4.98 Å². The number of rotatable bonds is 5. The molecule has 0 atom stereocenters. The van der Waals surface area contributed by atoms with E-state index in [4.69, 9.17) is 15.0 Å². The van der Waals surface area contributed by atoms with Gasteiger partial charge in [0.2, 0.25) is 15.9 Å². The Morgan fingerprint density at radius 2 is 1.85 bits per heavy atom. The van der Waals surface area contributed by atoms with Crippen molar-refractivity contribution >= 4 is 10.0 Å². The highest BCUT2D eigenvalue weighted by molar-refractivity contribution is 7.89. The number of nitrogens with zero attached hydrogens (tertiary/aromatic N) is 1. The molecule has 0 fully saturated rings. The summed E-state index contributed by atoms with van der Waals surface area (Å²) in [6.45, 7) is 0.0940. The van der Waals surface area contributed by atoms with Gasteiger partial charge in [0, 0.05) is 12.7 Å². The number of hydrogen-bond acceptors (Lipinski definition) is 5. The van der Waals surface area contributed by atoms with Crippen LogP contribution in [-0.2, 0) is 16.4 Å². The Hall–Kier alpha value is -1.96. The van der Waals surface area contributed by atoms with E-state index in [0.29, 0.717) is 12.2 Å². The van der Waals surface area contributed by atoms with Gasteiger partial charge < -0.3 is 9.84 Å². The first kappa shape index (κ1) is 14.4. The van der Waals surface area contributed by atoms with Gasteiger partial charge in [-0.1, -0.05) is 12.1 Å². The minimum atomic E-state index is -3.75. The Labute approximate surface area is 116 Å². The zero-order valence-corrected chi connectivity index (χ0v) is 11.4. The molecule has 0 aliphatic rings. The normalized spacial score (nSPS) is 11.3. The maximum atomic E-state index is 11.1. The molecule has 6 nitrogen and oxygen atoms in total. The molecule has 0 saturated heterocycles. The third-order valence-corrected chi connectivity index (χ3v) is 3.48. The average molecular weight is 294 g/mol. The van der Waals surface area contributed by atoms with Crippen molar-refractivity contribution in [3.05, 3.63) is 48.2 Å². The molecule has 0 radical (unpaired) electrons. The monoisotopic (exact) mass is 294 g/mol. The van der Waals surface area contributed by atoms with Gasteiger partial charge in [0.25, 0.3) is 0 Å². The summed E-state index contributed by atoms with van der Waals surface area (Å²) in [7, 11) is -3.75. The van der Waals surface area contributed by atoms with Gasteiger partial charge in [-0.25, -0.2) is 18.5 Å². The summed E-state index contributed by atoms with van der Waals surface area (Å²) in [6.07, 6.45) is 1.73. The third-order valence-electron chi connectivity index (χ3n) is 2.58. The van der Waals surface area contributed by atoms with Gasteiger partial charge in [-0.15, -0.1) is 0 Å². The summed E-state index contributed by atoms with van der Waals surface area (Å²) in [6, 6.07) is 9.94. The number of ether oxygens (including phenoxy) is 1. The summed E-state index contributed by atoms with van der Waals surface area (Å²) in [5.74, 6) is 0.842. The molecule has 20 heavy (non-hydrogen) atoms. The fourth-order valence-corrected chi connectivity index (χ4v) is 2.03. The van der Waals surface area contributed by atoms with Gasteiger partial charge >= 0.3 is 0 Å². The van der Waals surface area contributed by atoms with Gasteiger partial charge in [0.1, 0.15) is 10.6 Å². The minimum Gasteiger partial charge on any atom is -0.439 e. The second kappa shape index (κ2) is 6.00. The number of aliphatic hydroxyl groups excluding tert-OH is 1. The molecule has 0 amide bonds. The van der Waals surface area contributed by atoms with E-state index < -0.39 is 10.0 Å². The van der Waals surface area contributed by atoms with E-state index in [1.165, 1.54) is 12.1 Å². The third kappa shape index (κ3) is 3.77.